The Balaban J connectivity index is 0.000000853. The number of hydrogen-bond acceptors (Lipinski definition) is 2. The third-order valence-corrected chi connectivity index (χ3v) is 2.54. The Labute approximate surface area is 96.7 Å². The molecule has 0 spiro atoms. The van der Waals surface area contributed by atoms with Gasteiger partial charge in [-0.3, -0.25) is 14.1 Å². The molecule has 94 valence electrons. The zero-order valence-electron chi connectivity index (χ0n) is 9.01. The van der Waals surface area contributed by atoms with Crippen LogP contribution in [0, 0.1) is 0 Å². The van der Waals surface area contributed by atoms with Crippen LogP contribution in [0.2, 0.25) is 0 Å². The van der Waals surface area contributed by atoms with Crippen LogP contribution in [0.15, 0.2) is 36.4 Å². The predicted octanol–water partition coefficient (Wildman–Crippen LogP) is 3.10. The lowest BCUT2D eigenvalue weighted by Crippen LogP contribution is -2.17. The molecule has 1 N–H and O–H groups in total. The maximum absolute atomic E-state index is 5.67. The largest absolute Gasteiger partial charge is 0.489 e. The second kappa shape index (κ2) is 5.98. The van der Waals surface area contributed by atoms with Crippen molar-refractivity contribution in [1.82, 2.24) is 0 Å². The van der Waals surface area contributed by atoms with Gasteiger partial charge in [-0.25, -0.2) is 0 Å². The van der Waals surface area contributed by atoms with Crippen molar-refractivity contribution >= 4 is 16.5 Å². The molecule has 0 radical (unpaired) electrons. The molecular weight excluding hydrogens is 231 g/mol. The van der Waals surface area contributed by atoms with Crippen LogP contribution in [-0.4, -0.2) is 13.2 Å². The van der Waals surface area contributed by atoms with Crippen molar-refractivity contribution in [2.45, 2.75) is 0 Å². The maximum atomic E-state index is 5.67. The van der Waals surface area contributed by atoms with E-state index in [0.29, 0.717) is 0 Å². The lowest BCUT2D eigenvalue weighted by atomic mass is 10.1. The molecule has 0 aliphatic carbocycles. The molecule has 2 nitrogen and oxygen atoms in total. The summed E-state index contributed by atoms with van der Waals surface area (Å²) in [5, 5.41) is 5.75. The van der Waals surface area contributed by atoms with Gasteiger partial charge in [0.1, 0.15) is 12.4 Å². The molecule has 0 unspecified atom stereocenters. The van der Waals surface area contributed by atoms with Gasteiger partial charge in [0.05, 0.1) is 5.69 Å². The van der Waals surface area contributed by atoms with E-state index < -0.39 is 0 Å². The van der Waals surface area contributed by atoms with Gasteiger partial charge in [-0.15, -0.1) is 0 Å². The Bertz CT molecular complexity index is 490. The van der Waals surface area contributed by atoms with Crippen LogP contribution in [0.1, 0.15) is 0 Å². The molecule has 5 heteroatoms. The minimum atomic E-state index is 0. The molecule has 0 saturated carbocycles. The standard InChI is InChI=1S/C12H11NO.3FH/c1-2-4-10-9(3-1)5-6-11-12(10)14-8-7-13-11;;;/h1-6,13H,7-8H2;3*1H. The Hall–Kier alpha value is -1.91. The van der Waals surface area contributed by atoms with E-state index in [0.717, 1.165) is 24.6 Å². The third-order valence-electron chi connectivity index (χ3n) is 2.54. The normalized spacial score (nSPS) is 11.8. The molecular formula is C12H14F3NO. The van der Waals surface area contributed by atoms with Gasteiger partial charge in [-0.1, -0.05) is 30.3 Å². The molecule has 0 amide bonds. The number of benzene rings is 2. The van der Waals surface area contributed by atoms with E-state index in [1.165, 1.54) is 10.8 Å². The molecule has 0 saturated heterocycles. The minimum Gasteiger partial charge on any atom is -0.489 e. The smallest absolute Gasteiger partial charge is 0.150 e. The van der Waals surface area contributed by atoms with Gasteiger partial charge in [0, 0.05) is 11.9 Å². The lowest BCUT2D eigenvalue weighted by molar-refractivity contribution is 0.327. The molecule has 3 rings (SSSR count). The maximum Gasteiger partial charge on any atom is 0.150 e. The van der Waals surface area contributed by atoms with Crippen LogP contribution in [-0.2, 0) is 0 Å². The zero-order valence-corrected chi connectivity index (χ0v) is 9.01. The topological polar surface area (TPSA) is 21.3 Å². The third kappa shape index (κ3) is 2.43. The molecule has 1 heterocycles. The van der Waals surface area contributed by atoms with E-state index in [2.05, 4.69) is 29.6 Å². The van der Waals surface area contributed by atoms with Crippen LogP contribution in [0.5, 0.6) is 5.75 Å². The molecule has 0 atom stereocenters. The van der Waals surface area contributed by atoms with Crippen molar-refractivity contribution in [3.8, 4) is 5.75 Å². The highest BCUT2D eigenvalue weighted by Crippen LogP contribution is 2.35. The number of rotatable bonds is 0. The summed E-state index contributed by atoms with van der Waals surface area (Å²) >= 11 is 0. The van der Waals surface area contributed by atoms with Crippen LogP contribution in [0.4, 0.5) is 19.8 Å². The second-order valence-electron chi connectivity index (χ2n) is 3.44. The zero-order chi connectivity index (χ0) is 9.38. The van der Waals surface area contributed by atoms with E-state index in [9.17, 15) is 0 Å². The molecule has 1 aliphatic rings. The Morgan fingerprint density at radius 3 is 2.53 bits per heavy atom. The monoisotopic (exact) mass is 245 g/mol. The Morgan fingerprint density at radius 2 is 1.71 bits per heavy atom. The van der Waals surface area contributed by atoms with Crippen molar-refractivity contribution in [3.63, 3.8) is 0 Å². The van der Waals surface area contributed by atoms with E-state index in [-0.39, 0.29) is 14.1 Å². The number of nitrogens with one attached hydrogen (secondary N) is 1. The average Bonchev–Trinajstić information content (AvgIpc) is 2.29. The Morgan fingerprint density at radius 1 is 0.941 bits per heavy atom. The summed E-state index contributed by atoms with van der Waals surface area (Å²) in [6.45, 7) is 1.65. The number of halogens is 3. The van der Waals surface area contributed by atoms with Gasteiger partial charge < -0.3 is 10.1 Å². The molecule has 0 bridgehead atoms. The Kier molecular flexibility index (Phi) is 5.31. The van der Waals surface area contributed by atoms with Crippen LogP contribution < -0.4 is 10.1 Å². The number of fused-ring (bicyclic) bond motifs is 3. The van der Waals surface area contributed by atoms with Gasteiger partial charge in [-0.05, 0) is 11.5 Å². The summed E-state index contributed by atoms with van der Waals surface area (Å²) in [6.07, 6.45) is 0. The van der Waals surface area contributed by atoms with Crippen LogP contribution >= 0.6 is 0 Å². The highest BCUT2D eigenvalue weighted by atomic mass is 19.0. The number of ether oxygens (including phenoxy) is 1. The number of anilines is 1. The highest BCUT2D eigenvalue weighted by Gasteiger charge is 2.11. The van der Waals surface area contributed by atoms with Gasteiger partial charge >= 0.3 is 0 Å². The lowest BCUT2D eigenvalue weighted by Gasteiger charge is -2.20. The summed E-state index contributed by atoms with van der Waals surface area (Å²) in [5.74, 6) is 0.995. The minimum absolute atomic E-state index is 0. The molecule has 0 aromatic heterocycles. The predicted molar refractivity (Wildman–Crippen MR) is 65.4 cm³/mol. The molecule has 1 aliphatic heterocycles. The SMILES string of the molecule is F.F.F.c1ccc2c3c(ccc2c1)NCCO3. The first kappa shape index (κ1) is 15.1. The first-order chi connectivity index (χ1) is 6.95. The summed E-state index contributed by atoms with van der Waals surface area (Å²) in [4.78, 5) is 0. The second-order valence-corrected chi connectivity index (χ2v) is 3.44. The van der Waals surface area contributed by atoms with Crippen molar-refractivity contribution in [2.24, 2.45) is 0 Å². The summed E-state index contributed by atoms with van der Waals surface area (Å²) in [6, 6.07) is 12.5. The van der Waals surface area contributed by atoms with Gasteiger partial charge in [0.15, 0.2) is 0 Å². The highest BCUT2D eigenvalue weighted by molar-refractivity contribution is 5.93. The fourth-order valence-corrected chi connectivity index (χ4v) is 1.88. The van der Waals surface area contributed by atoms with E-state index in [1.54, 1.807) is 0 Å². The van der Waals surface area contributed by atoms with Crippen molar-refractivity contribution in [3.05, 3.63) is 36.4 Å². The van der Waals surface area contributed by atoms with E-state index in [4.69, 9.17) is 4.74 Å². The van der Waals surface area contributed by atoms with Crippen LogP contribution in [0.25, 0.3) is 10.8 Å². The van der Waals surface area contributed by atoms with E-state index >= 15 is 0 Å². The van der Waals surface area contributed by atoms with Crippen molar-refractivity contribution < 1.29 is 18.9 Å². The molecule has 2 aromatic rings. The molecule has 2 aromatic carbocycles. The van der Waals surface area contributed by atoms with Gasteiger partial charge in [-0.2, -0.15) is 0 Å². The van der Waals surface area contributed by atoms with Crippen molar-refractivity contribution in [2.75, 3.05) is 18.5 Å². The first-order valence-corrected chi connectivity index (χ1v) is 4.83. The fraction of sp³-hybridized carbons (Fsp3) is 0.167. The van der Waals surface area contributed by atoms with Gasteiger partial charge in [0.25, 0.3) is 0 Å². The summed E-state index contributed by atoms with van der Waals surface area (Å²) in [5.41, 5.74) is 1.11. The fourth-order valence-electron chi connectivity index (χ4n) is 1.88. The van der Waals surface area contributed by atoms with Crippen molar-refractivity contribution in [1.29, 1.82) is 0 Å². The quantitative estimate of drug-likeness (QED) is 0.770. The summed E-state index contributed by atoms with van der Waals surface area (Å²) in [7, 11) is 0. The van der Waals surface area contributed by atoms with Gasteiger partial charge in [0.2, 0.25) is 0 Å². The van der Waals surface area contributed by atoms with Crippen LogP contribution in [0.3, 0.4) is 0 Å². The summed E-state index contributed by atoms with van der Waals surface area (Å²) < 4.78 is 5.67. The number of hydrogen-bond donors (Lipinski definition) is 1. The average molecular weight is 245 g/mol. The van der Waals surface area contributed by atoms with E-state index in [1.807, 2.05) is 12.1 Å². The first-order valence-electron chi connectivity index (χ1n) is 4.83. The molecule has 0 fully saturated rings. The molecule has 17 heavy (non-hydrogen) atoms.